The van der Waals surface area contributed by atoms with E-state index in [1.165, 1.54) is 6.42 Å². The number of likely N-dealkylation sites (tertiary alicyclic amines) is 1. The monoisotopic (exact) mass is 402 g/mol. The van der Waals surface area contributed by atoms with E-state index in [9.17, 15) is 4.79 Å². The largest absolute Gasteiger partial charge is 0.381 e. The second kappa shape index (κ2) is 10.8. The van der Waals surface area contributed by atoms with Gasteiger partial charge in [0.1, 0.15) is 0 Å². The lowest BCUT2D eigenvalue weighted by atomic mass is 9.93. The molecule has 2 fully saturated rings. The molecule has 2 amide bonds. The van der Waals surface area contributed by atoms with Gasteiger partial charge >= 0.3 is 6.03 Å². The molecule has 3 rings (SSSR count). The zero-order chi connectivity index (χ0) is 20.5. The maximum absolute atomic E-state index is 12.6. The lowest BCUT2D eigenvalue weighted by Gasteiger charge is -2.33. The molecule has 0 saturated carbocycles. The third kappa shape index (κ3) is 6.04. The third-order valence-corrected chi connectivity index (χ3v) is 5.89. The number of rotatable bonds is 7. The van der Waals surface area contributed by atoms with Crippen molar-refractivity contribution >= 4 is 11.7 Å². The molecular formula is C23H34N2O4. The van der Waals surface area contributed by atoms with Crippen LogP contribution < -0.4 is 4.90 Å². The van der Waals surface area contributed by atoms with E-state index in [0.29, 0.717) is 13.2 Å². The Labute approximate surface area is 174 Å². The number of urea groups is 1. The topological polar surface area (TPSA) is 51.2 Å². The van der Waals surface area contributed by atoms with Crippen molar-refractivity contribution in [3.63, 3.8) is 0 Å². The number of nitrogens with zero attached hydrogens (tertiary/aromatic N) is 2. The summed E-state index contributed by atoms with van der Waals surface area (Å²) in [4.78, 5) is 16.3. The molecule has 0 atom stereocenters. The first-order valence-electron chi connectivity index (χ1n) is 10.6. The van der Waals surface area contributed by atoms with E-state index >= 15 is 0 Å². The van der Waals surface area contributed by atoms with Crippen LogP contribution in [0.1, 0.15) is 37.7 Å². The first-order chi connectivity index (χ1) is 14.1. The van der Waals surface area contributed by atoms with Crippen LogP contribution >= 0.6 is 0 Å². The average molecular weight is 403 g/mol. The Kier molecular flexibility index (Phi) is 8.09. The van der Waals surface area contributed by atoms with Crippen LogP contribution in [0.5, 0.6) is 0 Å². The van der Waals surface area contributed by atoms with E-state index in [4.69, 9.17) is 14.2 Å². The highest BCUT2D eigenvalue weighted by molar-refractivity contribution is 5.91. The summed E-state index contributed by atoms with van der Waals surface area (Å²) in [6.45, 7) is 4.28. The van der Waals surface area contributed by atoms with Gasteiger partial charge in [0.15, 0.2) is 0 Å². The van der Waals surface area contributed by atoms with Crippen molar-refractivity contribution in [1.82, 2.24) is 4.90 Å². The molecule has 0 aliphatic carbocycles. The molecule has 29 heavy (non-hydrogen) atoms. The maximum Gasteiger partial charge on any atom is 0.324 e. The highest BCUT2D eigenvalue weighted by Crippen LogP contribution is 2.25. The van der Waals surface area contributed by atoms with E-state index in [1.54, 1.807) is 12.0 Å². The molecule has 2 saturated heterocycles. The average Bonchev–Trinajstić information content (AvgIpc) is 2.79. The van der Waals surface area contributed by atoms with Crippen molar-refractivity contribution in [1.29, 1.82) is 0 Å². The van der Waals surface area contributed by atoms with Crippen molar-refractivity contribution in [3.05, 3.63) is 42.0 Å². The predicted molar refractivity (Wildman–Crippen MR) is 114 cm³/mol. The summed E-state index contributed by atoms with van der Waals surface area (Å²) in [7, 11) is 3.60. The van der Waals surface area contributed by atoms with E-state index < -0.39 is 0 Å². The van der Waals surface area contributed by atoms with Crippen LogP contribution in [0.15, 0.2) is 36.4 Å². The van der Waals surface area contributed by atoms with E-state index in [2.05, 4.69) is 6.08 Å². The second-order valence-corrected chi connectivity index (χ2v) is 7.85. The Bertz CT molecular complexity index is 662. The van der Waals surface area contributed by atoms with Gasteiger partial charge in [0.05, 0.1) is 18.8 Å². The Morgan fingerprint density at radius 3 is 2.52 bits per heavy atom. The first-order valence-corrected chi connectivity index (χ1v) is 10.6. The molecule has 1 aromatic rings. The summed E-state index contributed by atoms with van der Waals surface area (Å²) in [5, 5.41) is 0. The van der Waals surface area contributed by atoms with Crippen LogP contribution in [0.25, 0.3) is 0 Å². The van der Waals surface area contributed by atoms with Gasteiger partial charge in [-0.2, -0.15) is 0 Å². The standard InChI is InChI=1S/C23H34N2O4/c1-24(22(26)25-14-4-3-5-15-25)21-9-7-20(8-10-21)19-29-16-6-11-23(27-2)12-17-28-18-13-23/h6-11H,3-5,12-19H2,1-2H3/b11-6+. The number of ether oxygens (including phenoxy) is 3. The Hall–Kier alpha value is -1.89. The Balaban J connectivity index is 1.44. The molecule has 0 spiro atoms. The fourth-order valence-corrected chi connectivity index (χ4v) is 3.89. The highest BCUT2D eigenvalue weighted by Gasteiger charge is 2.29. The van der Waals surface area contributed by atoms with Gasteiger partial charge in [-0.05, 0) is 37.0 Å². The smallest absolute Gasteiger partial charge is 0.324 e. The zero-order valence-corrected chi connectivity index (χ0v) is 17.8. The second-order valence-electron chi connectivity index (χ2n) is 7.85. The summed E-state index contributed by atoms with van der Waals surface area (Å²) >= 11 is 0. The third-order valence-electron chi connectivity index (χ3n) is 5.89. The lowest BCUT2D eigenvalue weighted by Crippen LogP contribution is -2.43. The summed E-state index contributed by atoms with van der Waals surface area (Å²) in [6.07, 6.45) is 9.33. The van der Waals surface area contributed by atoms with Crippen LogP contribution in [0.4, 0.5) is 10.5 Å². The van der Waals surface area contributed by atoms with Gasteiger partial charge in [-0.15, -0.1) is 0 Å². The van der Waals surface area contributed by atoms with E-state index in [0.717, 1.165) is 63.2 Å². The van der Waals surface area contributed by atoms with Crippen LogP contribution in [-0.2, 0) is 20.8 Å². The summed E-state index contributed by atoms with van der Waals surface area (Å²) in [6, 6.07) is 8.10. The molecule has 1 aromatic carbocycles. The number of carbonyl (C=O) groups is 1. The van der Waals surface area contributed by atoms with Gasteiger partial charge in [-0.1, -0.05) is 24.3 Å². The van der Waals surface area contributed by atoms with Gasteiger partial charge in [0.25, 0.3) is 0 Å². The fourth-order valence-electron chi connectivity index (χ4n) is 3.89. The van der Waals surface area contributed by atoms with Gasteiger partial charge in [-0.25, -0.2) is 4.79 Å². The van der Waals surface area contributed by atoms with E-state index in [-0.39, 0.29) is 11.6 Å². The quantitative estimate of drug-likeness (QED) is 0.511. The number of anilines is 1. The molecule has 160 valence electrons. The van der Waals surface area contributed by atoms with Gasteiger partial charge in [0.2, 0.25) is 0 Å². The normalized spacial score (nSPS) is 19.4. The number of hydrogen-bond donors (Lipinski definition) is 0. The first kappa shape index (κ1) is 21.8. The van der Waals surface area contributed by atoms with Crippen molar-refractivity contribution < 1.29 is 19.0 Å². The number of hydrogen-bond acceptors (Lipinski definition) is 4. The fraction of sp³-hybridized carbons (Fsp3) is 0.609. The summed E-state index contributed by atoms with van der Waals surface area (Å²) in [5.41, 5.74) is 1.79. The van der Waals surface area contributed by atoms with Crippen LogP contribution in [-0.4, -0.2) is 63.6 Å². The van der Waals surface area contributed by atoms with Crippen LogP contribution in [0, 0.1) is 0 Å². The van der Waals surface area contributed by atoms with Gasteiger partial charge in [0, 0.05) is 59.0 Å². The van der Waals surface area contributed by atoms with Crippen molar-refractivity contribution in [2.75, 3.05) is 52.0 Å². The molecule has 0 N–H and O–H groups in total. The molecule has 2 aliphatic heterocycles. The Morgan fingerprint density at radius 2 is 1.86 bits per heavy atom. The molecule has 0 radical (unpaired) electrons. The molecular weight excluding hydrogens is 368 g/mol. The lowest BCUT2D eigenvalue weighted by molar-refractivity contribution is -0.0589. The molecule has 0 unspecified atom stereocenters. The summed E-state index contributed by atoms with van der Waals surface area (Å²) < 4.78 is 16.9. The highest BCUT2D eigenvalue weighted by atomic mass is 16.5. The minimum absolute atomic E-state index is 0.0824. The number of methoxy groups -OCH3 is 1. The number of amides is 2. The number of benzene rings is 1. The maximum atomic E-state index is 12.6. The molecule has 6 heteroatoms. The van der Waals surface area contributed by atoms with Crippen LogP contribution in [0.3, 0.4) is 0 Å². The van der Waals surface area contributed by atoms with Gasteiger partial charge < -0.3 is 19.1 Å². The molecule has 0 aromatic heterocycles. The number of piperidine rings is 1. The predicted octanol–water partition coefficient (Wildman–Crippen LogP) is 4.00. The summed E-state index contributed by atoms with van der Waals surface area (Å²) in [5.74, 6) is 0. The minimum atomic E-state index is -0.214. The zero-order valence-electron chi connectivity index (χ0n) is 17.8. The molecule has 6 nitrogen and oxygen atoms in total. The van der Waals surface area contributed by atoms with Crippen LogP contribution in [0.2, 0.25) is 0 Å². The minimum Gasteiger partial charge on any atom is -0.381 e. The Morgan fingerprint density at radius 1 is 1.17 bits per heavy atom. The SMILES string of the molecule is COC1(/C=C/COCc2ccc(N(C)C(=O)N3CCCCC3)cc2)CCOCC1. The van der Waals surface area contributed by atoms with Crippen molar-refractivity contribution in [2.45, 2.75) is 44.3 Å². The molecule has 2 aliphatic rings. The molecule has 0 bridgehead atoms. The number of carbonyl (C=O) groups excluding carboxylic acids is 1. The molecule has 2 heterocycles. The van der Waals surface area contributed by atoms with Crippen molar-refractivity contribution in [3.8, 4) is 0 Å². The van der Waals surface area contributed by atoms with Crippen molar-refractivity contribution in [2.24, 2.45) is 0 Å². The van der Waals surface area contributed by atoms with Gasteiger partial charge in [-0.3, -0.25) is 4.90 Å². The van der Waals surface area contributed by atoms with E-state index in [1.807, 2.05) is 42.3 Å².